The minimum Gasteiger partial charge on any atom is -0.494 e. The van der Waals surface area contributed by atoms with Crippen LogP contribution >= 0.6 is 0 Å². The van der Waals surface area contributed by atoms with Crippen LogP contribution in [-0.2, 0) is 4.79 Å². The zero-order chi connectivity index (χ0) is 19.6. The molecule has 6 heteroatoms. The molecule has 2 N–H and O–H groups in total. The fraction of sp³-hybridized carbons (Fsp3) is 0.636. The quantitative estimate of drug-likeness (QED) is 0.764. The van der Waals surface area contributed by atoms with Crippen molar-refractivity contribution in [2.45, 2.75) is 69.9 Å². The van der Waals surface area contributed by atoms with Crippen LogP contribution in [0.15, 0.2) is 24.3 Å². The molecule has 6 nitrogen and oxygen atoms in total. The molecule has 0 radical (unpaired) electrons. The number of carbonyl (C=O) groups excluding carboxylic acids is 2. The minimum absolute atomic E-state index is 0.00393. The number of amides is 3. The average Bonchev–Trinajstić information content (AvgIpc) is 3.14. The first-order valence-electron chi connectivity index (χ1n) is 10.8. The smallest absolute Gasteiger partial charge is 0.329 e. The topological polar surface area (TPSA) is 63.1 Å². The Morgan fingerprint density at radius 3 is 2.50 bits per heavy atom. The Balaban J connectivity index is 1.46. The van der Waals surface area contributed by atoms with Gasteiger partial charge in [0.25, 0.3) is 5.91 Å². The standard InChI is InChI=1S/C22H31N3O3/c1-2-28-18-11-9-17(10-12-18)19-8-7-15-24(19)16-25-20(26)22(23-21(25)27)13-5-3-4-6-14-22/h9-12,19H,2-8,13-16H2,1H3,(H,23,27)/p+1/t19-/m1/s1. The summed E-state index contributed by atoms with van der Waals surface area (Å²) >= 11 is 0. The van der Waals surface area contributed by atoms with E-state index in [1.807, 2.05) is 19.1 Å². The predicted molar refractivity (Wildman–Crippen MR) is 106 cm³/mol. The number of nitrogens with one attached hydrogen (secondary N) is 2. The lowest BCUT2D eigenvalue weighted by Crippen LogP contribution is -3.12. The molecule has 2 aliphatic heterocycles. The summed E-state index contributed by atoms with van der Waals surface area (Å²) in [5.41, 5.74) is 0.619. The van der Waals surface area contributed by atoms with Crippen molar-refractivity contribution in [1.29, 1.82) is 0 Å². The van der Waals surface area contributed by atoms with Gasteiger partial charge in [-0.3, -0.25) is 4.79 Å². The minimum atomic E-state index is -0.638. The molecule has 1 spiro atoms. The molecule has 152 valence electrons. The normalized spacial score (nSPS) is 27.1. The largest absolute Gasteiger partial charge is 0.494 e. The predicted octanol–water partition coefficient (Wildman–Crippen LogP) is 2.41. The first kappa shape index (κ1) is 19.2. The number of urea groups is 1. The fourth-order valence-electron chi connectivity index (χ4n) is 5.16. The van der Waals surface area contributed by atoms with Gasteiger partial charge in [-0.25, -0.2) is 9.69 Å². The molecule has 4 rings (SSSR count). The van der Waals surface area contributed by atoms with Gasteiger partial charge in [0.1, 0.15) is 17.3 Å². The van der Waals surface area contributed by atoms with Crippen molar-refractivity contribution in [2.75, 3.05) is 19.8 Å². The van der Waals surface area contributed by atoms with Crippen LogP contribution in [0.4, 0.5) is 4.79 Å². The highest BCUT2D eigenvalue weighted by Gasteiger charge is 2.52. The molecule has 2 atom stereocenters. The number of hydrogen-bond acceptors (Lipinski definition) is 3. The second kappa shape index (κ2) is 8.11. The summed E-state index contributed by atoms with van der Waals surface area (Å²) in [5.74, 6) is 0.888. The summed E-state index contributed by atoms with van der Waals surface area (Å²) in [6.07, 6.45) is 8.11. The van der Waals surface area contributed by atoms with Crippen molar-refractivity contribution in [3.05, 3.63) is 29.8 Å². The summed E-state index contributed by atoms with van der Waals surface area (Å²) in [7, 11) is 0. The van der Waals surface area contributed by atoms with Crippen LogP contribution in [0.1, 0.15) is 69.9 Å². The molecular weight excluding hydrogens is 354 g/mol. The lowest BCUT2D eigenvalue weighted by atomic mass is 9.90. The summed E-state index contributed by atoms with van der Waals surface area (Å²) < 4.78 is 5.55. The van der Waals surface area contributed by atoms with Crippen molar-refractivity contribution < 1.29 is 19.2 Å². The van der Waals surface area contributed by atoms with Crippen molar-refractivity contribution in [3.63, 3.8) is 0 Å². The lowest BCUT2D eigenvalue weighted by molar-refractivity contribution is -0.925. The Morgan fingerprint density at radius 2 is 1.82 bits per heavy atom. The zero-order valence-electron chi connectivity index (χ0n) is 16.8. The van der Waals surface area contributed by atoms with E-state index >= 15 is 0 Å². The highest BCUT2D eigenvalue weighted by atomic mass is 16.5. The lowest BCUT2D eigenvalue weighted by Gasteiger charge is -2.27. The van der Waals surface area contributed by atoms with Gasteiger partial charge in [0.15, 0.2) is 6.67 Å². The maximum Gasteiger partial charge on any atom is 0.329 e. The van der Waals surface area contributed by atoms with E-state index in [0.29, 0.717) is 19.3 Å². The first-order valence-corrected chi connectivity index (χ1v) is 10.8. The molecule has 0 bridgehead atoms. The molecule has 28 heavy (non-hydrogen) atoms. The van der Waals surface area contributed by atoms with Gasteiger partial charge in [-0.1, -0.05) is 25.7 Å². The Morgan fingerprint density at radius 1 is 1.11 bits per heavy atom. The molecule has 2 saturated heterocycles. The molecule has 1 saturated carbocycles. The molecule has 1 aromatic carbocycles. The first-order chi connectivity index (χ1) is 13.6. The van der Waals surface area contributed by atoms with Crippen molar-refractivity contribution >= 4 is 11.9 Å². The monoisotopic (exact) mass is 386 g/mol. The second-order valence-corrected chi connectivity index (χ2v) is 8.42. The van der Waals surface area contributed by atoms with Crippen LogP contribution in [-0.4, -0.2) is 42.2 Å². The molecule has 1 aliphatic carbocycles. The number of ether oxygens (including phenoxy) is 1. The van der Waals surface area contributed by atoms with Gasteiger partial charge < -0.3 is 15.0 Å². The van der Waals surface area contributed by atoms with Crippen LogP contribution in [0.3, 0.4) is 0 Å². The van der Waals surface area contributed by atoms with E-state index in [9.17, 15) is 9.59 Å². The van der Waals surface area contributed by atoms with E-state index in [4.69, 9.17) is 4.74 Å². The van der Waals surface area contributed by atoms with E-state index in [-0.39, 0.29) is 11.9 Å². The maximum atomic E-state index is 13.2. The summed E-state index contributed by atoms with van der Waals surface area (Å²) in [5, 5.41) is 3.07. The van der Waals surface area contributed by atoms with Gasteiger partial charge in [0.2, 0.25) is 0 Å². The van der Waals surface area contributed by atoms with Crippen LogP contribution in [0, 0.1) is 0 Å². The molecule has 3 fully saturated rings. The number of likely N-dealkylation sites (tertiary alicyclic amines) is 1. The summed E-state index contributed by atoms with van der Waals surface area (Å²) in [6, 6.07) is 8.41. The molecule has 2 heterocycles. The number of rotatable bonds is 5. The van der Waals surface area contributed by atoms with Gasteiger partial charge in [0.05, 0.1) is 13.2 Å². The number of imide groups is 1. The number of benzene rings is 1. The molecule has 1 aromatic rings. The van der Waals surface area contributed by atoms with Crippen LogP contribution in [0.2, 0.25) is 0 Å². The molecule has 1 unspecified atom stereocenters. The fourth-order valence-corrected chi connectivity index (χ4v) is 5.16. The second-order valence-electron chi connectivity index (χ2n) is 8.42. The molecule has 3 aliphatic rings. The third-order valence-corrected chi connectivity index (χ3v) is 6.64. The summed E-state index contributed by atoms with van der Waals surface area (Å²) in [6.45, 7) is 4.09. The van der Waals surface area contributed by atoms with Crippen molar-refractivity contribution in [3.8, 4) is 5.75 Å². The number of quaternary nitrogens is 1. The van der Waals surface area contributed by atoms with Crippen LogP contribution < -0.4 is 15.0 Å². The number of carbonyl (C=O) groups is 2. The number of hydrogen-bond donors (Lipinski definition) is 2. The Hall–Kier alpha value is -2.08. The maximum absolute atomic E-state index is 13.2. The van der Waals surface area contributed by atoms with Gasteiger partial charge in [-0.15, -0.1) is 0 Å². The molecular formula is C22H32N3O3+. The van der Waals surface area contributed by atoms with Gasteiger partial charge >= 0.3 is 6.03 Å². The van der Waals surface area contributed by atoms with E-state index in [0.717, 1.165) is 63.7 Å². The Bertz CT molecular complexity index is 710. The van der Waals surface area contributed by atoms with E-state index < -0.39 is 5.54 Å². The Kier molecular flexibility index (Phi) is 5.58. The van der Waals surface area contributed by atoms with Gasteiger partial charge in [-0.05, 0) is 44.0 Å². The number of nitrogens with zero attached hydrogens (tertiary/aromatic N) is 1. The summed E-state index contributed by atoms with van der Waals surface area (Å²) in [4.78, 5) is 28.7. The third-order valence-electron chi connectivity index (χ3n) is 6.64. The van der Waals surface area contributed by atoms with Crippen molar-refractivity contribution in [2.24, 2.45) is 0 Å². The van der Waals surface area contributed by atoms with Crippen LogP contribution in [0.5, 0.6) is 5.75 Å². The van der Waals surface area contributed by atoms with Gasteiger partial charge in [0, 0.05) is 18.4 Å². The van der Waals surface area contributed by atoms with Crippen LogP contribution in [0.25, 0.3) is 0 Å². The third kappa shape index (κ3) is 3.62. The highest BCUT2D eigenvalue weighted by molar-refractivity contribution is 6.06. The molecule has 0 aromatic heterocycles. The zero-order valence-corrected chi connectivity index (χ0v) is 16.8. The average molecular weight is 387 g/mol. The SMILES string of the molecule is CCOc1ccc([C@H]2CCC[NH+]2CN2C(=O)NC3(CCCCCC3)C2=O)cc1. The Labute approximate surface area is 167 Å². The van der Waals surface area contributed by atoms with Crippen molar-refractivity contribution in [1.82, 2.24) is 10.2 Å². The molecule has 3 amide bonds. The highest BCUT2D eigenvalue weighted by Crippen LogP contribution is 2.32. The van der Waals surface area contributed by atoms with E-state index in [1.165, 1.54) is 15.4 Å². The van der Waals surface area contributed by atoms with E-state index in [1.54, 1.807) is 0 Å². The van der Waals surface area contributed by atoms with Gasteiger partial charge in [-0.2, -0.15) is 0 Å². The van der Waals surface area contributed by atoms with E-state index in [2.05, 4.69) is 17.4 Å².